The Morgan fingerprint density at radius 1 is 1.00 bits per heavy atom. The molecule has 3 aliphatic heterocycles. The van der Waals surface area contributed by atoms with Crippen molar-refractivity contribution in [2.45, 2.75) is 0 Å². The maximum absolute atomic E-state index is 6.13. The Morgan fingerprint density at radius 3 is 2.71 bits per heavy atom. The topological polar surface area (TPSA) is 38.5 Å². The van der Waals surface area contributed by atoms with Gasteiger partial charge in [0.2, 0.25) is 5.89 Å². The molecular weight excluding hydrogens is 368 g/mol. The summed E-state index contributed by atoms with van der Waals surface area (Å²) in [6.07, 6.45) is 0. The van der Waals surface area contributed by atoms with Gasteiger partial charge in [0.05, 0.1) is 30.0 Å². The van der Waals surface area contributed by atoms with Crippen LogP contribution in [0.15, 0.2) is 51.4 Å². The lowest BCUT2D eigenvalue weighted by Crippen LogP contribution is -2.36. The normalized spacial score (nSPS) is 15.6. The van der Waals surface area contributed by atoms with Crippen molar-refractivity contribution in [1.29, 1.82) is 0 Å². The molecular formula is C19H15BrN2O2. The van der Waals surface area contributed by atoms with E-state index in [1.54, 1.807) is 0 Å². The van der Waals surface area contributed by atoms with Gasteiger partial charge in [-0.3, -0.25) is 0 Å². The summed E-state index contributed by atoms with van der Waals surface area (Å²) in [5.74, 6) is 0.701. The van der Waals surface area contributed by atoms with Crippen molar-refractivity contribution < 1.29 is 9.15 Å². The van der Waals surface area contributed by atoms with Crippen molar-refractivity contribution >= 4 is 43.5 Å². The molecule has 0 bridgehead atoms. The monoisotopic (exact) mass is 382 g/mol. The van der Waals surface area contributed by atoms with Gasteiger partial charge in [0.25, 0.3) is 0 Å². The van der Waals surface area contributed by atoms with Gasteiger partial charge in [0.1, 0.15) is 5.58 Å². The SMILES string of the molecule is Brc1ccc2oc3nc4ccccc4c-3c(N3CCOCC3)c2c1. The first-order valence-electron chi connectivity index (χ1n) is 8.04. The first-order chi connectivity index (χ1) is 11.8. The number of benzene rings is 2. The van der Waals surface area contributed by atoms with E-state index in [4.69, 9.17) is 14.1 Å². The van der Waals surface area contributed by atoms with Crippen molar-refractivity contribution in [3.8, 4) is 11.5 Å². The van der Waals surface area contributed by atoms with Crippen LogP contribution in [0.2, 0.25) is 0 Å². The molecule has 1 saturated heterocycles. The zero-order valence-corrected chi connectivity index (χ0v) is 14.5. The molecule has 0 saturated carbocycles. The molecule has 0 spiro atoms. The van der Waals surface area contributed by atoms with Gasteiger partial charge in [-0.25, -0.2) is 4.98 Å². The maximum Gasteiger partial charge on any atom is 0.229 e. The molecule has 5 rings (SSSR count). The summed E-state index contributed by atoms with van der Waals surface area (Å²) in [5, 5.41) is 2.25. The van der Waals surface area contributed by atoms with Crippen molar-refractivity contribution in [2.24, 2.45) is 0 Å². The highest BCUT2D eigenvalue weighted by atomic mass is 79.9. The second kappa shape index (κ2) is 5.46. The van der Waals surface area contributed by atoms with Crippen LogP contribution in [-0.2, 0) is 4.74 Å². The lowest BCUT2D eigenvalue weighted by Gasteiger charge is -2.31. The third-order valence-corrected chi connectivity index (χ3v) is 5.07. The average molecular weight is 383 g/mol. The van der Waals surface area contributed by atoms with Crippen molar-refractivity contribution in [2.75, 3.05) is 31.2 Å². The van der Waals surface area contributed by atoms with Gasteiger partial charge in [-0.2, -0.15) is 0 Å². The number of ether oxygens (including phenoxy) is 1. The number of aromatic nitrogens is 1. The molecule has 3 heterocycles. The predicted octanol–water partition coefficient (Wildman–Crippen LogP) is 4.68. The van der Waals surface area contributed by atoms with E-state index in [2.05, 4.69) is 39.0 Å². The molecule has 5 heteroatoms. The van der Waals surface area contributed by atoms with Gasteiger partial charge in [-0.15, -0.1) is 0 Å². The zero-order chi connectivity index (χ0) is 16.1. The van der Waals surface area contributed by atoms with Gasteiger partial charge in [0, 0.05) is 28.3 Å². The van der Waals surface area contributed by atoms with Crippen LogP contribution in [0.25, 0.3) is 33.3 Å². The van der Waals surface area contributed by atoms with E-state index in [-0.39, 0.29) is 0 Å². The minimum absolute atomic E-state index is 0.701. The summed E-state index contributed by atoms with van der Waals surface area (Å²) in [6.45, 7) is 3.24. The predicted molar refractivity (Wildman–Crippen MR) is 98.9 cm³/mol. The molecule has 4 nitrogen and oxygen atoms in total. The molecule has 2 aromatic carbocycles. The number of morpholine rings is 1. The second-order valence-electron chi connectivity index (χ2n) is 6.00. The number of halogens is 1. The minimum Gasteiger partial charge on any atom is -0.438 e. The van der Waals surface area contributed by atoms with E-state index in [1.165, 1.54) is 5.69 Å². The molecule has 3 aliphatic rings. The summed E-state index contributed by atoms with van der Waals surface area (Å²) in [5.41, 5.74) is 4.12. The lowest BCUT2D eigenvalue weighted by molar-refractivity contribution is 0.123. The highest BCUT2D eigenvalue weighted by molar-refractivity contribution is 9.10. The standard InChI is InChI=1S/C19H15BrN2O2/c20-12-5-6-16-14(11-12)18(22-7-9-23-10-8-22)17-13-3-1-2-4-15(13)21-19(17)24-16/h1-6,11H,7-10H2. The van der Waals surface area contributed by atoms with Gasteiger partial charge >= 0.3 is 0 Å². The van der Waals surface area contributed by atoms with Gasteiger partial charge in [0.15, 0.2) is 0 Å². The Morgan fingerprint density at radius 2 is 1.83 bits per heavy atom. The Hall–Kier alpha value is -2.11. The number of hydrogen-bond acceptors (Lipinski definition) is 4. The van der Waals surface area contributed by atoms with E-state index in [0.717, 1.165) is 58.2 Å². The number of nitrogens with zero attached hydrogens (tertiary/aromatic N) is 2. The quantitative estimate of drug-likeness (QED) is 0.478. The van der Waals surface area contributed by atoms with Crippen LogP contribution in [0.3, 0.4) is 0 Å². The molecule has 0 N–H and O–H groups in total. The molecule has 0 unspecified atom stereocenters. The summed E-state index contributed by atoms with van der Waals surface area (Å²) >= 11 is 3.59. The molecule has 0 aromatic heterocycles. The van der Waals surface area contributed by atoms with Crippen molar-refractivity contribution in [3.63, 3.8) is 0 Å². The van der Waals surface area contributed by atoms with E-state index >= 15 is 0 Å². The van der Waals surface area contributed by atoms with Crippen LogP contribution in [0.4, 0.5) is 5.69 Å². The number of para-hydroxylation sites is 1. The second-order valence-corrected chi connectivity index (χ2v) is 6.92. The summed E-state index contributed by atoms with van der Waals surface area (Å²) in [6, 6.07) is 14.4. The van der Waals surface area contributed by atoms with Crippen molar-refractivity contribution in [3.05, 3.63) is 46.9 Å². The van der Waals surface area contributed by atoms with Crippen LogP contribution in [-0.4, -0.2) is 31.3 Å². The Kier molecular flexibility index (Phi) is 3.24. The Balaban J connectivity index is 1.93. The summed E-state index contributed by atoms with van der Waals surface area (Å²) in [4.78, 5) is 7.10. The van der Waals surface area contributed by atoms with Gasteiger partial charge in [-0.1, -0.05) is 34.1 Å². The van der Waals surface area contributed by atoms with E-state index < -0.39 is 0 Å². The van der Waals surface area contributed by atoms with Crippen molar-refractivity contribution in [1.82, 2.24) is 4.98 Å². The highest BCUT2D eigenvalue weighted by Gasteiger charge is 2.26. The smallest absolute Gasteiger partial charge is 0.229 e. The molecule has 0 amide bonds. The zero-order valence-electron chi connectivity index (χ0n) is 13.0. The first kappa shape index (κ1) is 14.3. The molecule has 120 valence electrons. The number of fused-ring (bicyclic) bond motifs is 4. The minimum atomic E-state index is 0.701. The van der Waals surface area contributed by atoms with Crippen LogP contribution in [0, 0.1) is 0 Å². The van der Waals surface area contributed by atoms with E-state index in [0.29, 0.717) is 5.89 Å². The molecule has 0 radical (unpaired) electrons. The Labute approximate surface area is 147 Å². The summed E-state index contributed by atoms with van der Waals surface area (Å²) < 4.78 is 12.7. The number of anilines is 1. The number of rotatable bonds is 1. The van der Waals surface area contributed by atoms with Crippen LogP contribution in [0.1, 0.15) is 0 Å². The fourth-order valence-electron chi connectivity index (χ4n) is 3.50. The average Bonchev–Trinajstić information content (AvgIpc) is 2.98. The fraction of sp³-hybridized carbons (Fsp3) is 0.211. The third kappa shape index (κ3) is 2.12. The van der Waals surface area contributed by atoms with Crippen LogP contribution in [0.5, 0.6) is 0 Å². The number of hydrogen-bond donors (Lipinski definition) is 0. The Bertz CT molecular complexity index is 1020. The fourth-order valence-corrected chi connectivity index (χ4v) is 3.86. The van der Waals surface area contributed by atoms with Crippen LogP contribution < -0.4 is 4.90 Å². The molecule has 24 heavy (non-hydrogen) atoms. The highest BCUT2D eigenvalue weighted by Crippen LogP contribution is 2.44. The largest absolute Gasteiger partial charge is 0.438 e. The third-order valence-electron chi connectivity index (χ3n) is 4.58. The molecule has 0 aliphatic carbocycles. The van der Waals surface area contributed by atoms with E-state index in [9.17, 15) is 0 Å². The van der Waals surface area contributed by atoms with Gasteiger partial charge < -0.3 is 14.1 Å². The maximum atomic E-state index is 6.13. The van der Waals surface area contributed by atoms with Gasteiger partial charge in [-0.05, 0) is 24.3 Å². The van der Waals surface area contributed by atoms with Crippen LogP contribution >= 0.6 is 15.9 Å². The summed E-state index contributed by atoms with van der Waals surface area (Å²) in [7, 11) is 0. The van der Waals surface area contributed by atoms with E-state index in [1.807, 2.05) is 24.3 Å². The molecule has 0 atom stereocenters. The first-order valence-corrected chi connectivity index (χ1v) is 8.84. The lowest BCUT2D eigenvalue weighted by atomic mass is 10.0. The molecule has 1 fully saturated rings. The molecule has 2 aromatic rings.